The largest absolute Gasteiger partial charge is 0.480 e. The van der Waals surface area contributed by atoms with Gasteiger partial charge in [0.15, 0.2) is 0 Å². The number of hydrogen-bond donors (Lipinski definition) is 3. The summed E-state index contributed by atoms with van der Waals surface area (Å²) in [7, 11) is -3.77. The molecule has 0 bridgehead atoms. The Labute approximate surface area is 101 Å². The van der Waals surface area contributed by atoms with Gasteiger partial charge >= 0.3 is 5.97 Å². The predicted octanol–water partition coefficient (Wildman–Crippen LogP) is -1.02. The summed E-state index contributed by atoms with van der Waals surface area (Å²) in [6.45, 7) is 5.87. The number of nitrogens with zero attached hydrogens (tertiary/aromatic N) is 1. The highest BCUT2D eigenvalue weighted by Crippen LogP contribution is 2.12. The van der Waals surface area contributed by atoms with Crippen molar-refractivity contribution in [2.24, 2.45) is 0 Å². The number of rotatable bonds is 3. The van der Waals surface area contributed by atoms with Crippen molar-refractivity contribution in [2.45, 2.75) is 32.4 Å². The van der Waals surface area contributed by atoms with Gasteiger partial charge in [0, 0.05) is 25.2 Å². The lowest BCUT2D eigenvalue weighted by Crippen LogP contribution is -2.61. The second-order valence-corrected chi connectivity index (χ2v) is 6.65. The number of carbonyl (C=O) groups is 1. The molecule has 8 heteroatoms. The molecule has 0 amide bonds. The zero-order valence-corrected chi connectivity index (χ0v) is 11.0. The lowest BCUT2D eigenvalue weighted by Gasteiger charge is -2.34. The Kier molecular flexibility index (Phi) is 4.13. The monoisotopic (exact) mass is 265 g/mol. The van der Waals surface area contributed by atoms with E-state index in [-0.39, 0.29) is 13.1 Å². The quantitative estimate of drug-likeness (QED) is 0.606. The van der Waals surface area contributed by atoms with Crippen molar-refractivity contribution < 1.29 is 18.3 Å². The SMILES string of the molecule is CC(C)(C)NS(=O)(=O)N1CCNCC1C(=O)O. The Morgan fingerprint density at radius 3 is 2.53 bits per heavy atom. The van der Waals surface area contributed by atoms with Gasteiger partial charge in [0.25, 0.3) is 10.2 Å². The third-order valence-corrected chi connectivity index (χ3v) is 4.15. The van der Waals surface area contributed by atoms with Crippen LogP contribution in [0.3, 0.4) is 0 Å². The van der Waals surface area contributed by atoms with Gasteiger partial charge in [-0.2, -0.15) is 17.4 Å². The Morgan fingerprint density at radius 1 is 1.47 bits per heavy atom. The van der Waals surface area contributed by atoms with Crippen LogP contribution in [0.15, 0.2) is 0 Å². The van der Waals surface area contributed by atoms with Gasteiger partial charge in [0.2, 0.25) is 0 Å². The van der Waals surface area contributed by atoms with Gasteiger partial charge in [-0.25, -0.2) is 0 Å². The maximum absolute atomic E-state index is 12.0. The normalized spacial score (nSPS) is 23.6. The van der Waals surface area contributed by atoms with E-state index in [9.17, 15) is 13.2 Å². The number of nitrogens with one attached hydrogen (secondary N) is 2. The van der Waals surface area contributed by atoms with Gasteiger partial charge in [0.05, 0.1) is 0 Å². The van der Waals surface area contributed by atoms with Gasteiger partial charge in [-0.1, -0.05) is 0 Å². The average Bonchev–Trinajstić information content (AvgIpc) is 2.14. The van der Waals surface area contributed by atoms with E-state index in [1.54, 1.807) is 20.8 Å². The van der Waals surface area contributed by atoms with E-state index >= 15 is 0 Å². The fourth-order valence-corrected chi connectivity index (χ4v) is 3.35. The fraction of sp³-hybridized carbons (Fsp3) is 0.889. The Hall–Kier alpha value is -0.700. The van der Waals surface area contributed by atoms with Crippen molar-refractivity contribution in [3.63, 3.8) is 0 Å². The Bertz CT molecular complexity index is 388. The summed E-state index contributed by atoms with van der Waals surface area (Å²) in [5.74, 6) is -1.14. The Morgan fingerprint density at radius 2 is 2.06 bits per heavy atom. The van der Waals surface area contributed by atoms with Crippen LogP contribution in [0, 0.1) is 0 Å². The summed E-state index contributed by atoms with van der Waals surface area (Å²) in [5.41, 5.74) is -0.632. The van der Waals surface area contributed by atoms with Crippen LogP contribution >= 0.6 is 0 Å². The lowest BCUT2D eigenvalue weighted by molar-refractivity contribution is -0.141. The van der Waals surface area contributed by atoms with Crippen molar-refractivity contribution >= 4 is 16.2 Å². The highest BCUT2D eigenvalue weighted by atomic mass is 32.2. The van der Waals surface area contributed by atoms with Gasteiger partial charge < -0.3 is 10.4 Å². The molecule has 100 valence electrons. The number of carboxylic acids is 1. The summed E-state index contributed by atoms with van der Waals surface area (Å²) >= 11 is 0. The highest BCUT2D eigenvalue weighted by Gasteiger charge is 2.38. The first-order valence-corrected chi connectivity index (χ1v) is 6.82. The summed E-state index contributed by atoms with van der Waals surface area (Å²) in [4.78, 5) is 11.0. The van der Waals surface area contributed by atoms with Crippen LogP contribution in [0.1, 0.15) is 20.8 Å². The van der Waals surface area contributed by atoms with E-state index in [1.807, 2.05) is 0 Å². The van der Waals surface area contributed by atoms with Gasteiger partial charge in [-0.3, -0.25) is 4.79 Å². The predicted molar refractivity (Wildman–Crippen MR) is 62.8 cm³/mol. The van der Waals surface area contributed by atoms with Gasteiger partial charge in [-0.15, -0.1) is 0 Å². The molecular weight excluding hydrogens is 246 g/mol. The minimum absolute atomic E-state index is 0.125. The molecule has 1 heterocycles. The summed E-state index contributed by atoms with van der Waals surface area (Å²) < 4.78 is 27.5. The van der Waals surface area contributed by atoms with Crippen LogP contribution in [-0.2, 0) is 15.0 Å². The maximum Gasteiger partial charge on any atom is 0.323 e. The molecule has 1 fully saturated rings. The molecule has 1 saturated heterocycles. The molecule has 0 aromatic carbocycles. The minimum atomic E-state index is -3.77. The molecule has 1 rings (SSSR count). The maximum atomic E-state index is 12.0. The van der Waals surface area contributed by atoms with Crippen molar-refractivity contribution in [3.05, 3.63) is 0 Å². The Balaban J connectivity index is 2.91. The zero-order chi connectivity index (χ0) is 13.3. The van der Waals surface area contributed by atoms with Crippen molar-refractivity contribution in [1.29, 1.82) is 0 Å². The number of carboxylic acid groups (broad SMARTS) is 1. The van der Waals surface area contributed by atoms with Gasteiger partial charge in [0.1, 0.15) is 6.04 Å². The average molecular weight is 265 g/mol. The summed E-state index contributed by atoms with van der Waals surface area (Å²) in [5, 5.41) is 11.9. The number of hydrogen-bond acceptors (Lipinski definition) is 4. The standard InChI is InChI=1S/C9H19N3O4S/c1-9(2,3)11-17(15,16)12-5-4-10-6-7(12)8(13)14/h7,10-11H,4-6H2,1-3H3,(H,13,14). The first-order valence-electron chi connectivity index (χ1n) is 5.38. The van der Waals surface area contributed by atoms with Crippen LogP contribution in [-0.4, -0.2) is 55.0 Å². The van der Waals surface area contributed by atoms with E-state index < -0.39 is 27.8 Å². The van der Waals surface area contributed by atoms with Crippen LogP contribution in [0.4, 0.5) is 0 Å². The van der Waals surface area contributed by atoms with Crippen LogP contribution < -0.4 is 10.0 Å². The molecule has 0 aromatic rings. The van der Waals surface area contributed by atoms with Crippen LogP contribution in [0.5, 0.6) is 0 Å². The molecular formula is C9H19N3O4S. The molecule has 7 nitrogen and oxygen atoms in total. The van der Waals surface area contributed by atoms with Crippen LogP contribution in [0.2, 0.25) is 0 Å². The molecule has 0 aliphatic carbocycles. The zero-order valence-electron chi connectivity index (χ0n) is 10.2. The highest BCUT2D eigenvalue weighted by molar-refractivity contribution is 7.87. The molecule has 0 saturated carbocycles. The second kappa shape index (κ2) is 4.89. The topological polar surface area (TPSA) is 98.7 Å². The molecule has 1 aliphatic rings. The second-order valence-electron chi connectivity index (χ2n) is 5.03. The molecule has 0 aromatic heterocycles. The molecule has 1 atom stereocenters. The van der Waals surface area contributed by atoms with E-state index in [2.05, 4.69) is 10.0 Å². The van der Waals surface area contributed by atoms with E-state index in [1.165, 1.54) is 0 Å². The molecule has 17 heavy (non-hydrogen) atoms. The lowest BCUT2D eigenvalue weighted by atomic mass is 10.1. The van der Waals surface area contributed by atoms with Gasteiger partial charge in [-0.05, 0) is 20.8 Å². The molecule has 1 aliphatic heterocycles. The van der Waals surface area contributed by atoms with Crippen molar-refractivity contribution in [2.75, 3.05) is 19.6 Å². The smallest absolute Gasteiger partial charge is 0.323 e. The first-order chi connectivity index (χ1) is 7.63. The van der Waals surface area contributed by atoms with Crippen molar-refractivity contribution in [1.82, 2.24) is 14.3 Å². The fourth-order valence-electron chi connectivity index (χ4n) is 1.63. The summed E-state index contributed by atoms with van der Waals surface area (Å²) in [6.07, 6.45) is 0. The first kappa shape index (κ1) is 14.4. The van der Waals surface area contributed by atoms with E-state index in [4.69, 9.17) is 5.11 Å². The molecule has 0 spiro atoms. The van der Waals surface area contributed by atoms with E-state index in [0.29, 0.717) is 6.54 Å². The van der Waals surface area contributed by atoms with E-state index in [0.717, 1.165) is 4.31 Å². The molecule has 0 radical (unpaired) electrons. The summed E-state index contributed by atoms with van der Waals surface area (Å²) in [6, 6.07) is -1.05. The number of piperazine rings is 1. The number of aliphatic carboxylic acids is 1. The van der Waals surface area contributed by atoms with Crippen LogP contribution in [0.25, 0.3) is 0 Å². The molecule has 3 N–H and O–H groups in total. The van der Waals surface area contributed by atoms with Crippen molar-refractivity contribution in [3.8, 4) is 0 Å². The minimum Gasteiger partial charge on any atom is -0.480 e. The third kappa shape index (κ3) is 3.91. The third-order valence-electron chi connectivity index (χ3n) is 2.22. The molecule has 1 unspecified atom stereocenters.